The second-order valence-electron chi connectivity index (χ2n) is 4.34. The van der Waals surface area contributed by atoms with Gasteiger partial charge in [-0.15, -0.1) is 0 Å². The third-order valence-corrected chi connectivity index (χ3v) is 2.80. The van der Waals surface area contributed by atoms with Gasteiger partial charge in [-0.1, -0.05) is 30.3 Å². The second-order valence-corrected chi connectivity index (χ2v) is 4.34. The molecule has 3 nitrogen and oxygen atoms in total. The molecule has 0 N–H and O–H groups in total. The summed E-state index contributed by atoms with van der Waals surface area (Å²) >= 11 is 0. The van der Waals surface area contributed by atoms with Crippen LogP contribution >= 0.6 is 0 Å². The van der Waals surface area contributed by atoms with E-state index in [4.69, 9.17) is 4.74 Å². The molecule has 2 rings (SSSR count). The van der Waals surface area contributed by atoms with Gasteiger partial charge in [-0.3, -0.25) is 9.79 Å². The van der Waals surface area contributed by atoms with Crippen molar-refractivity contribution in [3.8, 4) is 5.75 Å². The highest BCUT2D eigenvalue weighted by atomic mass is 18.2. The van der Waals surface area contributed by atoms with Crippen LogP contribution in [0, 0.1) is 0 Å². The van der Waals surface area contributed by atoms with E-state index in [0.717, 1.165) is 5.69 Å². The van der Waals surface area contributed by atoms with Crippen molar-refractivity contribution in [2.45, 2.75) is 6.42 Å². The molecule has 0 aliphatic rings. The van der Waals surface area contributed by atoms with Crippen LogP contribution in [-0.2, 0) is 0 Å². The lowest BCUT2D eigenvalue weighted by Gasteiger charge is -2.02. The molecule has 2 aromatic rings. The fourth-order valence-corrected chi connectivity index (χ4v) is 1.76. The van der Waals surface area contributed by atoms with E-state index in [9.17, 15) is 9.18 Å². The second kappa shape index (κ2) is 7.94. The fourth-order valence-electron chi connectivity index (χ4n) is 1.76. The van der Waals surface area contributed by atoms with Crippen molar-refractivity contribution >= 4 is 17.7 Å². The number of Topliss-reactive ketones (excluding diaryl/α,β-unsaturated/α-hetero) is 1. The van der Waals surface area contributed by atoms with Gasteiger partial charge in [-0.25, -0.2) is 4.39 Å². The molecule has 0 radical (unpaired) electrons. The highest BCUT2D eigenvalue weighted by Crippen LogP contribution is 2.17. The molecule has 0 heterocycles. The van der Waals surface area contributed by atoms with Gasteiger partial charge in [0.15, 0.2) is 5.78 Å². The molecule has 0 aliphatic heterocycles. The number of hydrogen-bond donors (Lipinski definition) is 0. The molecule has 0 saturated heterocycles. The van der Waals surface area contributed by atoms with E-state index in [1.54, 1.807) is 42.6 Å². The van der Waals surface area contributed by atoms with E-state index in [1.807, 2.05) is 18.2 Å². The van der Waals surface area contributed by atoms with E-state index in [-0.39, 0.29) is 18.8 Å². The summed E-state index contributed by atoms with van der Waals surface area (Å²) in [5, 5.41) is 0. The number of ether oxygens (including phenoxy) is 1. The number of benzene rings is 2. The molecular formula is C17H16FNO2. The van der Waals surface area contributed by atoms with E-state index in [2.05, 4.69) is 4.99 Å². The molecular weight excluding hydrogens is 268 g/mol. The summed E-state index contributed by atoms with van der Waals surface area (Å²) < 4.78 is 17.1. The highest BCUT2D eigenvalue weighted by Gasteiger charge is 2.02. The zero-order chi connectivity index (χ0) is 14.9. The summed E-state index contributed by atoms with van der Waals surface area (Å²) in [5.74, 6) is 0.634. The smallest absolute Gasteiger partial charge is 0.168 e. The van der Waals surface area contributed by atoms with Gasteiger partial charge in [0.05, 0.1) is 5.69 Å². The predicted octanol–water partition coefficient (Wildman–Crippen LogP) is 4.01. The van der Waals surface area contributed by atoms with Gasteiger partial charge >= 0.3 is 0 Å². The summed E-state index contributed by atoms with van der Waals surface area (Å²) in [6, 6.07) is 16.1. The van der Waals surface area contributed by atoms with Gasteiger partial charge in [-0.2, -0.15) is 0 Å². The third-order valence-electron chi connectivity index (χ3n) is 2.80. The Labute approximate surface area is 123 Å². The Kier molecular flexibility index (Phi) is 5.64. The standard InChI is InChI=1S/C17H16FNO2/c18-11-13-21-16-8-6-15(7-9-16)19-12-10-17(20)14-4-2-1-3-5-14/h1-9,12H,10-11,13H2/i18-1. The zero-order valence-corrected chi connectivity index (χ0v) is 11.5. The number of rotatable bonds is 7. The van der Waals surface area contributed by atoms with Crippen molar-refractivity contribution in [2.24, 2.45) is 4.99 Å². The first-order chi connectivity index (χ1) is 10.3. The normalized spacial score (nSPS) is 10.7. The first kappa shape index (κ1) is 14.9. The van der Waals surface area contributed by atoms with Gasteiger partial charge in [0.2, 0.25) is 0 Å². The lowest BCUT2D eigenvalue weighted by Crippen LogP contribution is -1.98. The number of halogens is 1. The van der Waals surface area contributed by atoms with Gasteiger partial charge in [-0.05, 0) is 24.3 Å². The molecule has 21 heavy (non-hydrogen) atoms. The Morgan fingerprint density at radius 3 is 2.48 bits per heavy atom. The first-order valence-corrected chi connectivity index (χ1v) is 6.69. The van der Waals surface area contributed by atoms with Crippen molar-refractivity contribution in [3.63, 3.8) is 0 Å². The minimum absolute atomic E-state index is 0.0299. The molecule has 0 unspecified atom stereocenters. The Morgan fingerprint density at radius 2 is 1.81 bits per heavy atom. The number of carbonyl (C=O) groups is 1. The molecule has 0 atom stereocenters. The molecule has 0 fully saturated rings. The number of aliphatic imine (C=N–C) groups is 1. The summed E-state index contributed by atoms with van der Waals surface area (Å²) in [5.41, 5.74) is 1.40. The number of hydrogen-bond acceptors (Lipinski definition) is 3. The SMILES string of the molecule is O=C(CC=Nc1ccc(OCC[18F])cc1)c1ccccc1. The minimum Gasteiger partial charge on any atom is -0.491 e. The third kappa shape index (κ3) is 4.84. The van der Waals surface area contributed by atoms with E-state index in [0.29, 0.717) is 11.3 Å². The Bertz CT molecular complexity index is 594. The summed E-state index contributed by atoms with van der Waals surface area (Å²) in [4.78, 5) is 16.1. The summed E-state index contributed by atoms with van der Waals surface area (Å²) in [6.45, 7) is -0.463. The molecule has 0 amide bonds. The molecule has 0 aromatic heterocycles. The maximum Gasteiger partial charge on any atom is 0.168 e. The fraction of sp³-hybridized carbons (Fsp3) is 0.176. The molecule has 2 aromatic carbocycles. The number of ketones is 1. The van der Waals surface area contributed by atoms with Crippen LogP contribution in [0.25, 0.3) is 0 Å². The van der Waals surface area contributed by atoms with Gasteiger partial charge in [0.1, 0.15) is 19.0 Å². The van der Waals surface area contributed by atoms with Crippen LogP contribution in [-0.4, -0.2) is 25.3 Å². The number of alkyl halides is 1. The zero-order valence-electron chi connectivity index (χ0n) is 11.5. The van der Waals surface area contributed by atoms with Crippen LogP contribution in [0.3, 0.4) is 0 Å². The maximum absolute atomic E-state index is 12.0. The predicted molar refractivity (Wildman–Crippen MR) is 81.5 cm³/mol. The van der Waals surface area contributed by atoms with E-state index >= 15 is 0 Å². The number of carbonyl (C=O) groups excluding carboxylic acids is 1. The minimum atomic E-state index is -0.512. The molecule has 0 bridgehead atoms. The van der Waals surface area contributed by atoms with Crippen molar-refractivity contribution in [2.75, 3.05) is 13.3 Å². The molecule has 0 saturated carbocycles. The van der Waals surface area contributed by atoms with Gasteiger partial charge in [0.25, 0.3) is 0 Å². The van der Waals surface area contributed by atoms with Crippen molar-refractivity contribution < 1.29 is 13.9 Å². The van der Waals surface area contributed by atoms with Crippen LogP contribution < -0.4 is 4.74 Å². The lowest BCUT2D eigenvalue weighted by molar-refractivity contribution is 0.100. The monoisotopic (exact) mass is 284 g/mol. The van der Waals surface area contributed by atoms with Gasteiger partial charge < -0.3 is 4.74 Å². The van der Waals surface area contributed by atoms with Gasteiger partial charge in [0, 0.05) is 18.2 Å². The van der Waals surface area contributed by atoms with Crippen molar-refractivity contribution in [3.05, 3.63) is 60.2 Å². The summed E-state index contributed by atoms with van der Waals surface area (Å²) in [7, 11) is 0. The lowest BCUT2D eigenvalue weighted by atomic mass is 10.1. The van der Waals surface area contributed by atoms with E-state index in [1.165, 1.54) is 0 Å². The molecule has 0 spiro atoms. The van der Waals surface area contributed by atoms with Crippen LogP contribution in [0.15, 0.2) is 59.6 Å². The van der Waals surface area contributed by atoms with Crippen LogP contribution in [0.4, 0.5) is 10.1 Å². The number of nitrogens with zero attached hydrogens (tertiary/aromatic N) is 1. The Hall–Kier alpha value is -2.49. The molecule has 108 valence electrons. The Balaban J connectivity index is 1.88. The summed E-state index contributed by atoms with van der Waals surface area (Å²) in [6.07, 6.45) is 1.84. The average Bonchev–Trinajstić information content (AvgIpc) is 2.55. The van der Waals surface area contributed by atoms with Crippen LogP contribution in [0.1, 0.15) is 16.8 Å². The molecule has 0 aliphatic carbocycles. The van der Waals surface area contributed by atoms with Crippen LogP contribution in [0.5, 0.6) is 5.75 Å². The van der Waals surface area contributed by atoms with Crippen LogP contribution in [0.2, 0.25) is 0 Å². The van der Waals surface area contributed by atoms with E-state index < -0.39 is 6.67 Å². The highest BCUT2D eigenvalue weighted by molar-refractivity contribution is 6.03. The topological polar surface area (TPSA) is 38.7 Å². The average molecular weight is 284 g/mol. The largest absolute Gasteiger partial charge is 0.491 e. The first-order valence-electron chi connectivity index (χ1n) is 6.69. The van der Waals surface area contributed by atoms with Crippen molar-refractivity contribution in [1.82, 2.24) is 0 Å². The van der Waals surface area contributed by atoms with Crippen molar-refractivity contribution in [1.29, 1.82) is 0 Å². The quantitative estimate of drug-likeness (QED) is 0.569. The maximum atomic E-state index is 12.0. The molecule has 4 heteroatoms. The Morgan fingerprint density at radius 1 is 1.10 bits per heavy atom.